The summed E-state index contributed by atoms with van der Waals surface area (Å²) in [6.07, 6.45) is 1.67. The second-order valence-electron chi connectivity index (χ2n) is 4.31. The average Bonchev–Trinajstić information content (AvgIpc) is 3.14. The number of hydrogen-bond donors (Lipinski definition) is 0. The topological polar surface area (TPSA) is 80.5 Å². The Labute approximate surface area is 116 Å². The van der Waals surface area contributed by atoms with Crippen molar-refractivity contribution in [2.75, 3.05) is 6.54 Å². The van der Waals surface area contributed by atoms with Gasteiger partial charge in [0.25, 0.3) is 5.69 Å². The molecule has 1 aromatic carbocycles. The Morgan fingerprint density at radius 1 is 1.47 bits per heavy atom. The molecule has 19 heavy (non-hydrogen) atoms. The summed E-state index contributed by atoms with van der Waals surface area (Å²) in [5.74, 6) is 0. The number of nitrogens with zero attached hydrogens (tertiary/aromatic N) is 2. The fraction of sp³-hybridized carbons (Fsp3) is 0.455. The third-order valence-corrected chi connectivity index (χ3v) is 5.33. The predicted molar refractivity (Wildman–Crippen MR) is 70.7 cm³/mol. The van der Waals surface area contributed by atoms with Crippen LogP contribution in [0.1, 0.15) is 19.8 Å². The van der Waals surface area contributed by atoms with Crippen molar-refractivity contribution in [3.8, 4) is 0 Å². The lowest BCUT2D eigenvalue weighted by Crippen LogP contribution is -2.32. The van der Waals surface area contributed by atoms with Crippen LogP contribution in [0.15, 0.2) is 23.1 Å². The smallest absolute Gasteiger partial charge is 0.258 e. The minimum atomic E-state index is -3.69. The van der Waals surface area contributed by atoms with E-state index in [1.807, 2.05) is 0 Å². The first-order valence-corrected chi connectivity index (χ1v) is 7.65. The van der Waals surface area contributed by atoms with Crippen LogP contribution < -0.4 is 0 Å². The molecule has 0 N–H and O–H groups in total. The number of nitro groups is 1. The average molecular weight is 305 g/mol. The molecule has 0 saturated heterocycles. The van der Waals surface area contributed by atoms with Crippen molar-refractivity contribution in [3.05, 3.63) is 33.3 Å². The number of rotatable bonds is 5. The van der Waals surface area contributed by atoms with Gasteiger partial charge in [-0.3, -0.25) is 10.1 Å². The van der Waals surface area contributed by atoms with Gasteiger partial charge < -0.3 is 0 Å². The first-order valence-electron chi connectivity index (χ1n) is 5.83. The Kier molecular flexibility index (Phi) is 3.80. The Morgan fingerprint density at radius 3 is 2.58 bits per heavy atom. The normalized spacial score (nSPS) is 15.7. The second kappa shape index (κ2) is 5.07. The second-order valence-corrected chi connectivity index (χ2v) is 6.61. The van der Waals surface area contributed by atoms with Crippen LogP contribution in [0, 0.1) is 10.1 Å². The van der Waals surface area contributed by atoms with E-state index >= 15 is 0 Å². The van der Waals surface area contributed by atoms with E-state index in [0.29, 0.717) is 6.54 Å². The Bertz CT molecular complexity index is 613. The zero-order valence-corrected chi connectivity index (χ0v) is 11.8. The Morgan fingerprint density at radius 2 is 2.11 bits per heavy atom. The van der Waals surface area contributed by atoms with Gasteiger partial charge in [0.2, 0.25) is 10.0 Å². The van der Waals surface area contributed by atoms with Crippen molar-refractivity contribution in [1.29, 1.82) is 0 Å². The van der Waals surface area contributed by atoms with E-state index in [-0.39, 0.29) is 16.0 Å². The number of nitro benzene ring substituents is 1. The number of benzene rings is 1. The van der Waals surface area contributed by atoms with Crippen LogP contribution in [0.25, 0.3) is 0 Å². The molecule has 0 bridgehead atoms. The van der Waals surface area contributed by atoms with Crippen molar-refractivity contribution in [1.82, 2.24) is 4.31 Å². The maximum Gasteiger partial charge on any atom is 0.289 e. The van der Waals surface area contributed by atoms with Gasteiger partial charge in [-0.1, -0.05) is 18.5 Å². The van der Waals surface area contributed by atoms with Crippen LogP contribution >= 0.6 is 11.6 Å². The van der Waals surface area contributed by atoms with Gasteiger partial charge in [0.05, 0.1) is 9.82 Å². The first-order chi connectivity index (χ1) is 8.87. The highest BCUT2D eigenvalue weighted by Crippen LogP contribution is 2.34. The summed E-state index contributed by atoms with van der Waals surface area (Å²) in [6.45, 7) is 2.10. The number of hydrogen-bond acceptors (Lipinski definition) is 4. The van der Waals surface area contributed by atoms with Crippen molar-refractivity contribution in [2.45, 2.75) is 30.7 Å². The molecule has 0 unspecified atom stereocenters. The van der Waals surface area contributed by atoms with Gasteiger partial charge in [0.15, 0.2) is 0 Å². The van der Waals surface area contributed by atoms with E-state index in [1.54, 1.807) is 6.92 Å². The maximum absolute atomic E-state index is 12.4. The standard InChI is InChI=1S/C11H13ClN2O4S/c1-2-13(8-3-4-8)19(17,18)9-5-6-10(12)11(7-9)14(15)16/h5-8H,2-4H2,1H3. The van der Waals surface area contributed by atoms with E-state index in [9.17, 15) is 18.5 Å². The van der Waals surface area contributed by atoms with Crippen molar-refractivity contribution in [3.63, 3.8) is 0 Å². The van der Waals surface area contributed by atoms with Crippen molar-refractivity contribution >= 4 is 27.3 Å². The first kappa shape index (κ1) is 14.2. The summed E-state index contributed by atoms with van der Waals surface area (Å²) in [4.78, 5) is 10.0. The zero-order chi connectivity index (χ0) is 14.2. The highest BCUT2D eigenvalue weighted by Gasteiger charge is 2.37. The quantitative estimate of drug-likeness (QED) is 0.618. The van der Waals surface area contributed by atoms with E-state index in [4.69, 9.17) is 11.6 Å². The number of sulfonamides is 1. The molecule has 8 heteroatoms. The molecule has 1 aromatic rings. The molecule has 104 valence electrons. The third kappa shape index (κ3) is 2.72. The molecule has 1 saturated carbocycles. The number of halogens is 1. The van der Waals surface area contributed by atoms with Crippen LogP contribution in [0.5, 0.6) is 0 Å². The van der Waals surface area contributed by atoms with Gasteiger partial charge in [0.1, 0.15) is 5.02 Å². The molecule has 6 nitrogen and oxygen atoms in total. The predicted octanol–water partition coefficient (Wildman–Crippen LogP) is 2.42. The lowest BCUT2D eigenvalue weighted by atomic mass is 10.3. The molecule has 0 aliphatic heterocycles. The minimum Gasteiger partial charge on any atom is -0.258 e. The summed E-state index contributed by atoms with van der Waals surface area (Å²) in [7, 11) is -3.69. The SMILES string of the molecule is CCN(C1CC1)S(=O)(=O)c1ccc(Cl)c([N+](=O)[O-])c1. The highest BCUT2D eigenvalue weighted by molar-refractivity contribution is 7.89. The molecule has 1 aliphatic rings. The maximum atomic E-state index is 12.4. The van der Waals surface area contributed by atoms with Crippen molar-refractivity contribution < 1.29 is 13.3 Å². The molecule has 0 atom stereocenters. The van der Waals surface area contributed by atoms with Crippen LogP contribution in [0.2, 0.25) is 5.02 Å². The van der Waals surface area contributed by atoms with Gasteiger partial charge in [-0.15, -0.1) is 0 Å². The van der Waals surface area contributed by atoms with Gasteiger partial charge in [-0.25, -0.2) is 8.42 Å². The fourth-order valence-electron chi connectivity index (χ4n) is 1.92. The Balaban J connectivity index is 2.45. The molecule has 1 aliphatic carbocycles. The van der Waals surface area contributed by atoms with Gasteiger partial charge >= 0.3 is 0 Å². The summed E-state index contributed by atoms with van der Waals surface area (Å²) in [5.41, 5.74) is -0.394. The summed E-state index contributed by atoms with van der Waals surface area (Å²) in [6, 6.07) is 3.58. The monoisotopic (exact) mass is 304 g/mol. The van der Waals surface area contributed by atoms with E-state index in [1.165, 1.54) is 16.4 Å². The molecule has 0 heterocycles. The lowest BCUT2D eigenvalue weighted by Gasteiger charge is -2.19. The van der Waals surface area contributed by atoms with Crippen LogP contribution in [0.3, 0.4) is 0 Å². The molecule has 2 rings (SSSR count). The van der Waals surface area contributed by atoms with Crippen LogP contribution in [0.4, 0.5) is 5.69 Å². The summed E-state index contributed by atoms with van der Waals surface area (Å²) in [5, 5.41) is 10.7. The molecule has 0 radical (unpaired) electrons. The molecule has 1 fully saturated rings. The van der Waals surface area contributed by atoms with Crippen molar-refractivity contribution in [2.24, 2.45) is 0 Å². The third-order valence-electron chi connectivity index (χ3n) is 2.99. The molecule has 0 aromatic heterocycles. The van der Waals surface area contributed by atoms with Gasteiger partial charge in [-0.2, -0.15) is 4.31 Å². The largest absolute Gasteiger partial charge is 0.289 e. The van der Waals surface area contributed by atoms with E-state index in [2.05, 4.69) is 0 Å². The summed E-state index contributed by atoms with van der Waals surface area (Å²) >= 11 is 5.68. The van der Waals surface area contributed by atoms with E-state index < -0.39 is 20.6 Å². The lowest BCUT2D eigenvalue weighted by molar-refractivity contribution is -0.384. The molecular weight excluding hydrogens is 292 g/mol. The fourth-order valence-corrected chi connectivity index (χ4v) is 3.82. The molecular formula is C11H13ClN2O4S. The Hall–Kier alpha value is -1.18. The zero-order valence-electron chi connectivity index (χ0n) is 10.2. The highest BCUT2D eigenvalue weighted by atomic mass is 35.5. The minimum absolute atomic E-state index is 0.0183. The van der Waals surface area contributed by atoms with E-state index in [0.717, 1.165) is 18.9 Å². The van der Waals surface area contributed by atoms with Gasteiger partial charge in [0, 0.05) is 18.7 Å². The van der Waals surface area contributed by atoms with Crippen LogP contribution in [-0.4, -0.2) is 30.2 Å². The van der Waals surface area contributed by atoms with Crippen LogP contribution in [-0.2, 0) is 10.0 Å². The van der Waals surface area contributed by atoms with Gasteiger partial charge in [-0.05, 0) is 25.0 Å². The molecule has 0 spiro atoms. The summed E-state index contributed by atoms with van der Waals surface area (Å²) < 4.78 is 26.2. The molecule has 0 amide bonds.